The van der Waals surface area contributed by atoms with Crippen LogP contribution in [0.25, 0.3) is 0 Å². The Morgan fingerprint density at radius 2 is 1.25 bits per heavy atom. The number of nitrogens with two attached hydrogens (primary N) is 5. The quantitative estimate of drug-likeness (QED) is 0.0187. The number of rotatable bonds is 28. The summed E-state index contributed by atoms with van der Waals surface area (Å²) in [5, 5.41) is 45.2. The Morgan fingerprint density at radius 3 is 1.83 bits per heavy atom. The molecule has 2 aromatic carbocycles. The van der Waals surface area contributed by atoms with Crippen LogP contribution in [0.1, 0.15) is 87.3 Å². The number of carboxylic acids is 1. The van der Waals surface area contributed by atoms with Crippen molar-refractivity contribution in [3.63, 3.8) is 0 Å². The number of hydrogen-bond donors (Lipinski definition) is 12. The van der Waals surface area contributed by atoms with Crippen LogP contribution in [0.2, 0.25) is 0 Å². The zero-order chi connectivity index (χ0) is 55.3. The van der Waals surface area contributed by atoms with Crippen molar-refractivity contribution in [2.24, 2.45) is 38.7 Å². The van der Waals surface area contributed by atoms with E-state index in [2.05, 4.69) is 52.1 Å². The molecule has 7 amide bonds. The zero-order valence-electron chi connectivity index (χ0n) is 42.3. The van der Waals surface area contributed by atoms with Gasteiger partial charge in [-0.25, -0.2) is 9.48 Å². The fourth-order valence-electron chi connectivity index (χ4n) is 8.90. The van der Waals surface area contributed by atoms with Crippen molar-refractivity contribution in [3.05, 3.63) is 77.6 Å². The van der Waals surface area contributed by atoms with Crippen molar-refractivity contribution in [1.29, 1.82) is 0 Å². The van der Waals surface area contributed by atoms with Crippen molar-refractivity contribution in [3.8, 4) is 0 Å². The Morgan fingerprint density at radius 1 is 0.697 bits per heavy atom. The molecule has 2 aliphatic heterocycles. The monoisotopic (exact) mass is 1060 g/mol. The van der Waals surface area contributed by atoms with Gasteiger partial charge in [0, 0.05) is 39.0 Å². The Hall–Kier alpha value is -8.27. The Labute approximate surface area is 438 Å². The number of nitrogens with one attached hydrogen (secondary N) is 5. The first-order chi connectivity index (χ1) is 36.4. The molecule has 3 heterocycles. The van der Waals surface area contributed by atoms with Crippen LogP contribution in [-0.2, 0) is 51.2 Å². The average molecular weight is 1060 g/mol. The van der Waals surface area contributed by atoms with Gasteiger partial charge in [-0.05, 0) is 79.8 Å². The normalized spacial score (nSPS) is 17.4. The number of likely N-dealkylation sites (tertiary alicyclic amines) is 2. The van der Waals surface area contributed by atoms with Gasteiger partial charge in [-0.3, -0.25) is 43.5 Å². The fourth-order valence-corrected chi connectivity index (χ4v) is 8.90. The summed E-state index contributed by atoms with van der Waals surface area (Å²) < 4.78 is 1.26. The lowest BCUT2D eigenvalue weighted by atomic mass is 10.0. The van der Waals surface area contributed by atoms with Crippen molar-refractivity contribution < 1.29 is 48.6 Å². The molecule has 1 aromatic heterocycles. The van der Waals surface area contributed by atoms with Gasteiger partial charge in [0.2, 0.25) is 41.4 Å². The van der Waals surface area contributed by atoms with Crippen molar-refractivity contribution in [2.45, 2.75) is 119 Å². The highest BCUT2D eigenvalue weighted by atomic mass is 16.4. The van der Waals surface area contributed by atoms with Crippen LogP contribution in [0.3, 0.4) is 0 Å². The molecular formula is C48H70N18O10. The molecule has 0 saturated carbocycles. The second-order valence-corrected chi connectivity index (χ2v) is 18.5. The largest absolute Gasteiger partial charge is 0.480 e. The number of amides is 7. The SMILES string of the molecule is C[C@@H](C(=O)NCC(=O)N[C@@H](Cc1ccccc1)C(=O)N[C@@H](CO)C(=O)N1CCC[C@H]1C(=O)N[C@@H](Cc1ccccc1)C(=O)N[C@@H](CCCN=C(N)N)C(=O)O)n1nnnc1C1CCCN1C(=O)[C@@H](N)CCCN=C(N)N. The number of nitrogens with zero attached hydrogens (tertiary/aromatic N) is 8. The second-order valence-electron chi connectivity index (χ2n) is 18.5. The standard InChI is InChI=1S/C48H70N18O10/c1-28(66-39(61-62-63-66)36-18-10-22-64(36)44(73)31(49)16-8-20-54-47(50)51)40(69)56-26-38(68)57-33(24-29-12-4-2-5-13-29)41(70)60-35(27-67)45(74)65-23-11-19-37(65)43(72)59-34(25-30-14-6-3-7-15-30)42(71)58-32(46(75)76)17-9-21-55-48(52)53/h2-7,12-15,28,31-37,67H,8-11,16-27,49H2,1H3,(H,56,69)(H,57,68)(H,58,71)(H,59,72)(H,60,70)(H,75,76)(H4,50,51,54)(H4,52,53,55)/t28-,31-,32-,33-,34-,35-,36?,37-/m0/s1. The highest BCUT2D eigenvalue weighted by Gasteiger charge is 2.41. The predicted octanol–water partition coefficient (Wildman–Crippen LogP) is -4.06. The second kappa shape index (κ2) is 29.0. The first-order valence-electron chi connectivity index (χ1n) is 25.0. The summed E-state index contributed by atoms with van der Waals surface area (Å²) in [6.45, 7) is 0.885. The number of aliphatic hydroxyl groups excluding tert-OH is 1. The van der Waals surface area contributed by atoms with E-state index in [0.29, 0.717) is 56.3 Å². The molecule has 3 aromatic rings. The molecule has 0 aliphatic carbocycles. The molecule has 28 heteroatoms. The van der Waals surface area contributed by atoms with E-state index in [1.165, 1.54) is 16.5 Å². The third-order valence-corrected chi connectivity index (χ3v) is 12.9. The van der Waals surface area contributed by atoms with Gasteiger partial charge in [0.15, 0.2) is 17.7 Å². The van der Waals surface area contributed by atoms with E-state index in [9.17, 15) is 48.6 Å². The summed E-state index contributed by atoms with van der Waals surface area (Å²) in [5.74, 6) is -6.27. The van der Waals surface area contributed by atoms with Gasteiger partial charge < -0.3 is 75.3 Å². The van der Waals surface area contributed by atoms with Crippen LogP contribution < -0.4 is 55.3 Å². The van der Waals surface area contributed by atoms with E-state index in [1.54, 1.807) is 65.6 Å². The van der Waals surface area contributed by atoms with E-state index in [0.717, 1.165) is 0 Å². The smallest absolute Gasteiger partial charge is 0.326 e. The topological polar surface area (TPSA) is 442 Å². The molecule has 76 heavy (non-hydrogen) atoms. The molecule has 1 unspecified atom stereocenters. The zero-order valence-corrected chi connectivity index (χ0v) is 42.3. The lowest BCUT2D eigenvalue weighted by Gasteiger charge is -2.30. The van der Waals surface area contributed by atoms with Crippen molar-refractivity contribution >= 4 is 59.2 Å². The lowest BCUT2D eigenvalue weighted by Crippen LogP contribution is -2.60. The highest BCUT2D eigenvalue weighted by Crippen LogP contribution is 2.32. The third kappa shape index (κ3) is 17.1. The van der Waals surface area contributed by atoms with Crippen LogP contribution >= 0.6 is 0 Å². The number of aromatic nitrogens is 4. The lowest BCUT2D eigenvalue weighted by molar-refractivity contribution is -0.144. The first-order valence-corrected chi connectivity index (χ1v) is 25.0. The number of carboxylic acid groups (broad SMARTS) is 1. The number of carbonyl (C=O) groups is 8. The number of hydrogen-bond acceptors (Lipinski definition) is 15. The minimum atomic E-state index is -1.58. The molecule has 0 radical (unpaired) electrons. The fraction of sp³-hybridized carbons (Fsp3) is 0.521. The van der Waals surface area contributed by atoms with Gasteiger partial charge in [0.1, 0.15) is 36.3 Å². The van der Waals surface area contributed by atoms with E-state index < -0.39 is 103 Å². The molecule has 0 bridgehead atoms. The van der Waals surface area contributed by atoms with Crippen LogP contribution in [0, 0.1) is 0 Å². The minimum absolute atomic E-state index is 0.0204. The Kier molecular flexibility index (Phi) is 22.4. The van der Waals surface area contributed by atoms with Crippen molar-refractivity contribution in [2.75, 3.05) is 39.3 Å². The number of benzene rings is 2. The van der Waals surface area contributed by atoms with E-state index in [4.69, 9.17) is 28.7 Å². The van der Waals surface area contributed by atoms with Crippen molar-refractivity contribution in [1.82, 2.24) is 56.6 Å². The van der Waals surface area contributed by atoms with Gasteiger partial charge >= 0.3 is 5.97 Å². The molecule has 412 valence electrons. The molecule has 8 atom stereocenters. The highest BCUT2D eigenvalue weighted by molar-refractivity contribution is 5.97. The third-order valence-electron chi connectivity index (χ3n) is 12.9. The Bertz CT molecular complexity index is 2520. The van der Waals surface area contributed by atoms with Crippen LogP contribution in [0.5, 0.6) is 0 Å². The number of guanidine groups is 2. The summed E-state index contributed by atoms with van der Waals surface area (Å²) in [7, 11) is 0. The van der Waals surface area contributed by atoms with E-state index >= 15 is 0 Å². The van der Waals surface area contributed by atoms with Gasteiger partial charge in [-0.2, -0.15) is 0 Å². The number of carbonyl (C=O) groups excluding carboxylic acids is 7. The van der Waals surface area contributed by atoms with Crippen LogP contribution in [0.15, 0.2) is 70.6 Å². The van der Waals surface area contributed by atoms with Gasteiger partial charge in [-0.1, -0.05) is 60.7 Å². The molecule has 2 saturated heterocycles. The number of aliphatic imine (C=N–C) groups is 2. The molecule has 17 N–H and O–H groups in total. The van der Waals surface area contributed by atoms with Crippen LogP contribution in [0.4, 0.5) is 0 Å². The summed E-state index contributed by atoms with van der Waals surface area (Å²) in [5.41, 5.74) is 29.0. The molecule has 2 fully saturated rings. The summed E-state index contributed by atoms with van der Waals surface area (Å²) in [6, 6.07) is 8.15. The molecule has 28 nitrogen and oxygen atoms in total. The molecule has 2 aliphatic rings. The minimum Gasteiger partial charge on any atom is -0.480 e. The van der Waals surface area contributed by atoms with Gasteiger partial charge in [0.25, 0.3) is 0 Å². The number of aliphatic carboxylic acids is 1. The first kappa shape index (κ1) is 58.6. The Balaban J connectivity index is 1.22. The molecular weight excluding hydrogens is 989 g/mol. The van der Waals surface area contributed by atoms with E-state index in [-0.39, 0.29) is 68.8 Å². The maximum atomic E-state index is 14.1. The summed E-state index contributed by atoms with van der Waals surface area (Å²) in [4.78, 5) is 119. The number of aliphatic hydroxyl groups is 1. The molecule has 0 spiro atoms. The number of tetrazole rings is 1. The average Bonchev–Trinajstić information content (AvgIpc) is 4.22. The van der Waals surface area contributed by atoms with Crippen LogP contribution in [-0.4, -0.2) is 175 Å². The maximum absolute atomic E-state index is 14.1. The summed E-state index contributed by atoms with van der Waals surface area (Å²) in [6.07, 6.45) is 2.56. The van der Waals surface area contributed by atoms with Gasteiger partial charge in [0.05, 0.1) is 25.2 Å². The molecule has 5 rings (SSSR count). The van der Waals surface area contributed by atoms with E-state index in [1.807, 2.05) is 0 Å². The van der Waals surface area contributed by atoms with Gasteiger partial charge in [-0.15, -0.1) is 5.10 Å². The maximum Gasteiger partial charge on any atom is 0.326 e. The summed E-state index contributed by atoms with van der Waals surface area (Å²) >= 11 is 0. The predicted molar refractivity (Wildman–Crippen MR) is 274 cm³/mol.